The van der Waals surface area contributed by atoms with Crippen LogP contribution >= 0.6 is 0 Å². The molecule has 0 fully saturated rings. The number of nitrogens with one attached hydrogen (secondary N) is 1. The van der Waals surface area contributed by atoms with Crippen LogP contribution in [0.3, 0.4) is 0 Å². The number of amidine groups is 1. The van der Waals surface area contributed by atoms with E-state index in [2.05, 4.69) is 11.5 Å². The molecule has 4 aromatic rings. The number of amides is 1. The number of carbonyl (C=O) groups excluding carboxylic acids is 2. The van der Waals surface area contributed by atoms with E-state index in [1.54, 1.807) is 17.0 Å². The average Bonchev–Trinajstić information content (AvgIpc) is 3.44. The molecule has 0 atom stereocenters. The topological polar surface area (TPSA) is 140 Å². The fourth-order valence-corrected chi connectivity index (χ4v) is 5.94. The van der Waals surface area contributed by atoms with Crippen molar-refractivity contribution in [2.45, 2.75) is 84.2 Å². The highest BCUT2D eigenvalue weighted by Crippen LogP contribution is 2.23. The monoisotopic (exact) mass is 638 g/mol. The molecule has 9 nitrogen and oxygen atoms in total. The highest BCUT2D eigenvalue weighted by atomic mass is 16.5. The molecule has 5 N–H and O–H groups in total. The molecule has 0 bridgehead atoms. The number of fused-ring (bicyclic) bond motifs is 1. The minimum absolute atomic E-state index is 0.0653. The molecule has 0 aliphatic heterocycles. The lowest BCUT2D eigenvalue weighted by atomic mass is 10.1. The summed E-state index contributed by atoms with van der Waals surface area (Å²) >= 11 is 0. The summed E-state index contributed by atoms with van der Waals surface area (Å²) < 4.78 is 7.12. The number of nitrogens with zero attached hydrogens (tertiary/aromatic N) is 3. The van der Waals surface area contributed by atoms with Gasteiger partial charge in [-0.2, -0.15) is 0 Å². The van der Waals surface area contributed by atoms with Crippen molar-refractivity contribution < 1.29 is 14.3 Å². The van der Waals surface area contributed by atoms with Gasteiger partial charge in [-0.1, -0.05) is 88.3 Å². The maximum atomic E-state index is 13.8. The van der Waals surface area contributed by atoms with Gasteiger partial charge in [0.2, 0.25) is 0 Å². The highest BCUT2D eigenvalue weighted by molar-refractivity contribution is 5.97. The fraction of sp³-hybridized carbons (Fsp3) is 0.421. The van der Waals surface area contributed by atoms with Crippen molar-refractivity contribution in [2.75, 3.05) is 20.2 Å². The quantitative estimate of drug-likeness (QED) is 0.0456. The first-order chi connectivity index (χ1) is 22.8. The molecule has 1 heterocycles. The first-order valence-corrected chi connectivity index (χ1v) is 16.9. The van der Waals surface area contributed by atoms with E-state index >= 15 is 0 Å². The van der Waals surface area contributed by atoms with Gasteiger partial charge in [0.1, 0.15) is 11.7 Å². The molecule has 0 radical (unpaired) electrons. The van der Waals surface area contributed by atoms with Crippen molar-refractivity contribution in [3.63, 3.8) is 0 Å². The number of ether oxygens (including phenoxy) is 1. The van der Waals surface area contributed by atoms with Gasteiger partial charge in [0.25, 0.3) is 5.91 Å². The maximum Gasteiger partial charge on any atom is 0.337 e. The molecule has 0 unspecified atom stereocenters. The number of nitrogens with two attached hydrogens (primary N) is 2. The molecule has 0 saturated carbocycles. The van der Waals surface area contributed by atoms with E-state index in [4.69, 9.17) is 26.6 Å². The number of hydrogen-bond donors (Lipinski definition) is 3. The van der Waals surface area contributed by atoms with Crippen molar-refractivity contribution in [3.8, 4) is 0 Å². The van der Waals surface area contributed by atoms with Crippen LogP contribution in [0.5, 0.6) is 0 Å². The number of imidazole rings is 1. The maximum absolute atomic E-state index is 13.8. The Morgan fingerprint density at radius 3 is 2.09 bits per heavy atom. The number of carbonyl (C=O) groups is 2. The minimum atomic E-state index is -0.396. The fourth-order valence-electron chi connectivity index (χ4n) is 5.94. The third-order valence-corrected chi connectivity index (χ3v) is 8.65. The Labute approximate surface area is 278 Å². The highest BCUT2D eigenvalue weighted by Gasteiger charge is 2.19. The van der Waals surface area contributed by atoms with Crippen LogP contribution in [0.2, 0.25) is 0 Å². The molecule has 1 amide bonds. The van der Waals surface area contributed by atoms with E-state index in [-0.39, 0.29) is 11.7 Å². The zero-order valence-corrected chi connectivity index (χ0v) is 28.0. The molecule has 3 aromatic carbocycles. The van der Waals surface area contributed by atoms with Gasteiger partial charge in [0.05, 0.1) is 23.7 Å². The van der Waals surface area contributed by atoms with Gasteiger partial charge in [-0.15, -0.1) is 0 Å². The zero-order valence-electron chi connectivity index (χ0n) is 28.0. The predicted octanol–water partition coefficient (Wildman–Crippen LogP) is 6.63. The normalized spacial score (nSPS) is 11.1. The second-order valence-corrected chi connectivity index (χ2v) is 12.2. The van der Waals surface area contributed by atoms with Gasteiger partial charge in [-0.3, -0.25) is 10.2 Å². The molecule has 9 heteroatoms. The first kappa shape index (κ1) is 35.4. The van der Waals surface area contributed by atoms with E-state index in [0.29, 0.717) is 30.8 Å². The van der Waals surface area contributed by atoms with Crippen molar-refractivity contribution in [2.24, 2.45) is 11.5 Å². The molecular weight excluding hydrogens is 588 g/mol. The molecule has 1 aromatic heterocycles. The standard InChI is InChI=1S/C38H50N6O3/c1-3-4-5-6-7-8-9-10-24-44-34-21-20-32(26-33(34)42-35(44)22-15-28-11-16-30(17-12-28)36(40)41)37(45)43(25-23-39)27-29-13-18-31(19-14-29)38(46)47-2/h11-14,16-21,26H,3-10,15,22-25,27,39H2,1-2H3,(H3,40,41). The number of aryl methyl sites for hydroxylation is 3. The summed E-state index contributed by atoms with van der Waals surface area (Å²) in [7, 11) is 1.35. The van der Waals surface area contributed by atoms with Gasteiger partial charge in [0, 0.05) is 43.7 Å². The third-order valence-electron chi connectivity index (χ3n) is 8.65. The summed E-state index contributed by atoms with van der Waals surface area (Å²) in [5, 5.41) is 7.67. The van der Waals surface area contributed by atoms with Crippen LogP contribution in [0.4, 0.5) is 0 Å². The molecule has 0 aliphatic carbocycles. The summed E-state index contributed by atoms with van der Waals surface area (Å²) in [6.07, 6.45) is 11.6. The lowest BCUT2D eigenvalue weighted by molar-refractivity contribution is 0.0600. The number of methoxy groups -OCH3 is 1. The number of rotatable bonds is 19. The first-order valence-electron chi connectivity index (χ1n) is 16.9. The van der Waals surface area contributed by atoms with Crippen molar-refractivity contribution in [1.29, 1.82) is 5.41 Å². The third kappa shape index (κ3) is 9.99. The Hall–Kier alpha value is -4.50. The van der Waals surface area contributed by atoms with Gasteiger partial charge < -0.3 is 25.7 Å². The van der Waals surface area contributed by atoms with Crippen LogP contribution in [0.25, 0.3) is 11.0 Å². The SMILES string of the molecule is CCCCCCCCCCn1c(CCc2ccc(C(=N)N)cc2)nc2cc(C(=O)N(CCN)Cc3ccc(C(=O)OC)cc3)ccc21. The Morgan fingerprint density at radius 2 is 1.45 bits per heavy atom. The van der Waals surface area contributed by atoms with Crippen LogP contribution in [0.1, 0.15) is 102 Å². The Bertz CT molecular complexity index is 1610. The molecule has 0 saturated heterocycles. The summed E-state index contributed by atoms with van der Waals surface area (Å²) in [4.78, 5) is 32.4. The Kier molecular flexibility index (Phi) is 13.5. The predicted molar refractivity (Wildman–Crippen MR) is 189 cm³/mol. The number of aromatic nitrogens is 2. The van der Waals surface area contributed by atoms with Crippen LogP contribution in [-0.4, -0.2) is 52.4 Å². The second kappa shape index (κ2) is 18.0. The molecule has 250 valence electrons. The molecule has 47 heavy (non-hydrogen) atoms. The molecule has 0 spiro atoms. The van der Waals surface area contributed by atoms with E-state index in [1.165, 1.54) is 52.1 Å². The molecule has 0 aliphatic rings. The zero-order chi connectivity index (χ0) is 33.6. The van der Waals surface area contributed by atoms with E-state index in [0.717, 1.165) is 59.4 Å². The average molecular weight is 639 g/mol. The molecule has 4 rings (SSSR count). The summed E-state index contributed by atoms with van der Waals surface area (Å²) in [5.41, 5.74) is 17.2. The molecular formula is C38H50N6O3. The number of hydrogen-bond acceptors (Lipinski definition) is 6. The number of unbranched alkanes of at least 4 members (excludes halogenated alkanes) is 7. The van der Waals surface area contributed by atoms with Crippen LogP contribution < -0.4 is 11.5 Å². The second-order valence-electron chi connectivity index (χ2n) is 12.2. The largest absolute Gasteiger partial charge is 0.465 e. The number of benzene rings is 3. The van der Waals surface area contributed by atoms with Crippen LogP contribution in [-0.2, 0) is 30.7 Å². The van der Waals surface area contributed by atoms with Crippen molar-refractivity contribution in [1.82, 2.24) is 14.5 Å². The van der Waals surface area contributed by atoms with Crippen molar-refractivity contribution in [3.05, 3.63) is 100 Å². The van der Waals surface area contributed by atoms with Crippen LogP contribution in [0.15, 0.2) is 66.7 Å². The minimum Gasteiger partial charge on any atom is -0.465 e. The summed E-state index contributed by atoms with van der Waals surface area (Å²) in [6, 6.07) is 20.7. The van der Waals surface area contributed by atoms with Gasteiger partial charge in [0.15, 0.2) is 0 Å². The Balaban J connectivity index is 1.52. The summed E-state index contributed by atoms with van der Waals surface area (Å²) in [6.45, 7) is 4.24. The van der Waals surface area contributed by atoms with Gasteiger partial charge in [-0.05, 0) is 54.3 Å². The van der Waals surface area contributed by atoms with Gasteiger partial charge in [-0.25, -0.2) is 9.78 Å². The number of esters is 1. The number of nitrogen functional groups attached to an aromatic ring is 1. The lowest BCUT2D eigenvalue weighted by Gasteiger charge is -2.22. The van der Waals surface area contributed by atoms with E-state index in [9.17, 15) is 9.59 Å². The smallest absolute Gasteiger partial charge is 0.337 e. The van der Waals surface area contributed by atoms with E-state index in [1.807, 2.05) is 54.6 Å². The van der Waals surface area contributed by atoms with Crippen LogP contribution in [0, 0.1) is 5.41 Å². The lowest BCUT2D eigenvalue weighted by Crippen LogP contribution is -2.34. The Morgan fingerprint density at radius 1 is 0.830 bits per heavy atom. The van der Waals surface area contributed by atoms with Crippen molar-refractivity contribution >= 4 is 28.7 Å². The van der Waals surface area contributed by atoms with Gasteiger partial charge >= 0.3 is 5.97 Å². The van der Waals surface area contributed by atoms with E-state index < -0.39 is 5.97 Å². The summed E-state index contributed by atoms with van der Waals surface area (Å²) in [5.74, 6) is 0.564.